The van der Waals surface area contributed by atoms with Crippen molar-refractivity contribution in [3.63, 3.8) is 0 Å². The molecule has 1 saturated carbocycles. The van der Waals surface area contributed by atoms with E-state index < -0.39 is 0 Å². The molecule has 1 aliphatic carbocycles. The first kappa shape index (κ1) is 11.5. The van der Waals surface area contributed by atoms with Crippen molar-refractivity contribution in [3.05, 3.63) is 35.9 Å². The van der Waals surface area contributed by atoms with Gasteiger partial charge >= 0.3 is 0 Å². The number of benzene rings is 1. The maximum atomic E-state index is 3.31. The van der Waals surface area contributed by atoms with Crippen LogP contribution < -0.4 is 5.32 Å². The standard InChI is InChI=1S/C12H17N.ClH/c1-13-10-12(8-5-9-12)11-6-3-2-4-7-11;/h2-4,6-7,13H,5,8-10H2,1H3;1H. The zero-order chi connectivity index (χ0) is 9.15. The van der Waals surface area contributed by atoms with Crippen molar-refractivity contribution >= 4 is 12.4 Å². The van der Waals surface area contributed by atoms with Gasteiger partial charge in [0.1, 0.15) is 0 Å². The van der Waals surface area contributed by atoms with Gasteiger partial charge in [-0.2, -0.15) is 0 Å². The highest BCUT2D eigenvalue weighted by Gasteiger charge is 2.37. The molecule has 1 aromatic rings. The first-order chi connectivity index (χ1) is 6.37. The molecule has 0 saturated heterocycles. The molecule has 0 radical (unpaired) electrons. The SMILES string of the molecule is CNCC1(c2ccccc2)CCC1.Cl. The van der Waals surface area contributed by atoms with Gasteiger partial charge in [0.25, 0.3) is 0 Å². The fourth-order valence-corrected chi connectivity index (χ4v) is 2.30. The lowest BCUT2D eigenvalue weighted by Crippen LogP contribution is -2.42. The molecule has 2 heteroatoms. The highest BCUT2D eigenvalue weighted by molar-refractivity contribution is 5.85. The Kier molecular flexibility index (Phi) is 3.97. The fraction of sp³-hybridized carbons (Fsp3) is 0.500. The summed E-state index contributed by atoms with van der Waals surface area (Å²) in [7, 11) is 2.04. The van der Waals surface area contributed by atoms with Crippen molar-refractivity contribution < 1.29 is 0 Å². The van der Waals surface area contributed by atoms with E-state index in [4.69, 9.17) is 0 Å². The quantitative estimate of drug-likeness (QED) is 0.811. The van der Waals surface area contributed by atoms with Crippen LogP contribution in [-0.4, -0.2) is 13.6 Å². The highest BCUT2D eigenvalue weighted by atomic mass is 35.5. The normalized spacial score (nSPS) is 18.1. The molecular weight excluding hydrogens is 194 g/mol. The van der Waals surface area contributed by atoms with E-state index >= 15 is 0 Å². The molecule has 0 heterocycles. The summed E-state index contributed by atoms with van der Waals surface area (Å²) in [6.45, 7) is 1.12. The van der Waals surface area contributed by atoms with Crippen molar-refractivity contribution in [3.8, 4) is 0 Å². The third kappa shape index (κ3) is 1.94. The summed E-state index contributed by atoms with van der Waals surface area (Å²) in [5.74, 6) is 0. The first-order valence-corrected chi connectivity index (χ1v) is 5.07. The van der Waals surface area contributed by atoms with E-state index in [1.54, 1.807) is 0 Å². The molecule has 0 aliphatic heterocycles. The van der Waals surface area contributed by atoms with Crippen molar-refractivity contribution in [2.24, 2.45) is 0 Å². The van der Waals surface area contributed by atoms with Gasteiger partial charge < -0.3 is 5.32 Å². The molecule has 0 spiro atoms. The summed E-state index contributed by atoms with van der Waals surface area (Å²) in [4.78, 5) is 0. The van der Waals surface area contributed by atoms with Gasteiger partial charge in [0.2, 0.25) is 0 Å². The average molecular weight is 212 g/mol. The predicted octanol–water partition coefficient (Wildman–Crippen LogP) is 2.75. The van der Waals surface area contributed by atoms with Gasteiger partial charge in [-0.15, -0.1) is 12.4 Å². The van der Waals surface area contributed by atoms with Gasteiger partial charge in [-0.25, -0.2) is 0 Å². The van der Waals surface area contributed by atoms with Crippen LogP contribution in [0.5, 0.6) is 0 Å². The molecule has 78 valence electrons. The van der Waals surface area contributed by atoms with E-state index in [2.05, 4.69) is 35.6 Å². The van der Waals surface area contributed by atoms with Crippen LogP contribution in [0, 0.1) is 0 Å². The van der Waals surface area contributed by atoms with E-state index in [1.165, 1.54) is 24.8 Å². The van der Waals surface area contributed by atoms with Gasteiger partial charge in [0.05, 0.1) is 0 Å². The van der Waals surface area contributed by atoms with Crippen LogP contribution in [0.15, 0.2) is 30.3 Å². The molecule has 14 heavy (non-hydrogen) atoms. The molecule has 1 aromatic carbocycles. The van der Waals surface area contributed by atoms with E-state index in [0.717, 1.165) is 6.54 Å². The number of nitrogens with one attached hydrogen (secondary N) is 1. The van der Waals surface area contributed by atoms with E-state index in [9.17, 15) is 0 Å². The van der Waals surface area contributed by atoms with Crippen molar-refractivity contribution in [2.75, 3.05) is 13.6 Å². The molecule has 0 bridgehead atoms. The van der Waals surface area contributed by atoms with Crippen LogP contribution in [-0.2, 0) is 5.41 Å². The van der Waals surface area contributed by atoms with Crippen LogP contribution >= 0.6 is 12.4 Å². The minimum Gasteiger partial charge on any atom is -0.319 e. The summed E-state index contributed by atoms with van der Waals surface area (Å²) in [6.07, 6.45) is 4.08. The van der Waals surface area contributed by atoms with Gasteiger partial charge in [0, 0.05) is 12.0 Å². The van der Waals surface area contributed by atoms with Crippen molar-refractivity contribution in [1.29, 1.82) is 0 Å². The Morgan fingerprint density at radius 2 is 1.86 bits per heavy atom. The molecule has 0 aromatic heterocycles. The first-order valence-electron chi connectivity index (χ1n) is 5.07. The lowest BCUT2D eigenvalue weighted by atomic mass is 9.64. The van der Waals surface area contributed by atoms with Gasteiger partial charge in [-0.1, -0.05) is 36.8 Å². The number of halogens is 1. The molecule has 0 unspecified atom stereocenters. The Labute approximate surface area is 92.3 Å². The number of likely N-dealkylation sites (N-methyl/N-ethyl adjacent to an activating group) is 1. The number of rotatable bonds is 3. The Morgan fingerprint density at radius 3 is 2.29 bits per heavy atom. The maximum absolute atomic E-state index is 3.31. The summed E-state index contributed by atoms with van der Waals surface area (Å²) in [6, 6.07) is 10.9. The molecule has 0 amide bonds. The summed E-state index contributed by atoms with van der Waals surface area (Å²) in [5, 5.41) is 3.31. The zero-order valence-corrected chi connectivity index (χ0v) is 9.44. The maximum Gasteiger partial charge on any atom is 0.00776 e. The fourth-order valence-electron chi connectivity index (χ4n) is 2.30. The molecule has 1 fully saturated rings. The average Bonchev–Trinajstić information content (AvgIpc) is 2.13. The Hall–Kier alpha value is -0.530. The van der Waals surface area contributed by atoms with Crippen LogP contribution in [0.1, 0.15) is 24.8 Å². The monoisotopic (exact) mass is 211 g/mol. The van der Waals surface area contributed by atoms with Gasteiger partial charge in [0.15, 0.2) is 0 Å². The third-order valence-corrected chi connectivity index (χ3v) is 3.21. The second-order valence-corrected chi connectivity index (χ2v) is 4.03. The van der Waals surface area contributed by atoms with Crippen LogP contribution in [0.3, 0.4) is 0 Å². The highest BCUT2D eigenvalue weighted by Crippen LogP contribution is 2.42. The lowest BCUT2D eigenvalue weighted by molar-refractivity contribution is 0.239. The van der Waals surface area contributed by atoms with Gasteiger partial charge in [-0.05, 0) is 25.5 Å². The van der Waals surface area contributed by atoms with E-state index in [-0.39, 0.29) is 12.4 Å². The zero-order valence-electron chi connectivity index (χ0n) is 8.62. The Balaban J connectivity index is 0.000000980. The third-order valence-electron chi connectivity index (χ3n) is 3.21. The number of hydrogen-bond acceptors (Lipinski definition) is 1. The summed E-state index contributed by atoms with van der Waals surface area (Å²) in [5.41, 5.74) is 1.96. The largest absolute Gasteiger partial charge is 0.319 e. The van der Waals surface area contributed by atoms with Crippen LogP contribution in [0.25, 0.3) is 0 Å². The van der Waals surface area contributed by atoms with E-state index in [0.29, 0.717) is 5.41 Å². The smallest absolute Gasteiger partial charge is 0.00776 e. The lowest BCUT2D eigenvalue weighted by Gasteiger charge is -2.42. The Bertz CT molecular complexity index is 267. The van der Waals surface area contributed by atoms with Crippen molar-refractivity contribution in [2.45, 2.75) is 24.7 Å². The minimum atomic E-state index is 0. The number of hydrogen-bond donors (Lipinski definition) is 1. The second-order valence-electron chi connectivity index (χ2n) is 4.03. The van der Waals surface area contributed by atoms with E-state index in [1.807, 2.05) is 7.05 Å². The summed E-state index contributed by atoms with van der Waals surface area (Å²) < 4.78 is 0. The van der Waals surface area contributed by atoms with Crippen molar-refractivity contribution in [1.82, 2.24) is 5.32 Å². The molecule has 2 rings (SSSR count). The molecule has 0 atom stereocenters. The Morgan fingerprint density at radius 1 is 1.21 bits per heavy atom. The van der Waals surface area contributed by atoms with Gasteiger partial charge in [-0.3, -0.25) is 0 Å². The predicted molar refractivity (Wildman–Crippen MR) is 63.1 cm³/mol. The topological polar surface area (TPSA) is 12.0 Å². The molecular formula is C12H18ClN. The summed E-state index contributed by atoms with van der Waals surface area (Å²) >= 11 is 0. The minimum absolute atomic E-state index is 0. The molecule has 1 N–H and O–H groups in total. The van der Waals surface area contributed by atoms with Crippen LogP contribution in [0.4, 0.5) is 0 Å². The molecule has 1 nitrogen and oxygen atoms in total. The van der Waals surface area contributed by atoms with Crippen LogP contribution in [0.2, 0.25) is 0 Å². The second kappa shape index (κ2) is 4.81. The molecule has 1 aliphatic rings.